The van der Waals surface area contributed by atoms with Gasteiger partial charge in [0.1, 0.15) is 17.1 Å². The Bertz CT molecular complexity index is 2130. The second kappa shape index (κ2) is 9.34. The Balaban J connectivity index is 0.00000253. The van der Waals surface area contributed by atoms with Crippen molar-refractivity contribution < 1.29 is 21.1 Å². The van der Waals surface area contributed by atoms with Gasteiger partial charge in [0.05, 0.1) is 11.0 Å². The van der Waals surface area contributed by atoms with Gasteiger partial charge in [-0.25, -0.2) is 4.98 Å². The summed E-state index contributed by atoms with van der Waals surface area (Å²) in [4.78, 5) is 10.4. The Morgan fingerprint density at radius 1 is 0.513 bits per heavy atom. The number of rotatable bonds is 3. The number of aromatic nitrogens is 4. The van der Waals surface area contributed by atoms with Crippen molar-refractivity contribution in [2.45, 2.75) is 0 Å². The molecule has 0 saturated heterocycles. The molecule has 4 heterocycles. The molecular weight excluding hydrogens is 659 g/mol. The minimum atomic E-state index is 0. The van der Waals surface area contributed by atoms with Gasteiger partial charge in [-0.2, -0.15) is 24.3 Å². The van der Waals surface area contributed by atoms with Crippen LogP contribution in [-0.2, 0) is 21.1 Å². The third-order valence-electron chi connectivity index (χ3n) is 7.16. The predicted molar refractivity (Wildman–Crippen MR) is 154 cm³/mol. The standard InChI is InChI=1S/C34H20N4.Pt/c1-3-12-23(13-4-1)29-18-11-21-32(35-29)38-31-20-10-8-17-26(31)28-22-27-25-16-7-9-19-30(25)37(33(27)36-34(28)38)24-14-5-2-6-15-24;/h1-12,14,16-22H;/q-2;+2. The molecule has 4 nitrogen and oxygen atoms in total. The van der Waals surface area contributed by atoms with Crippen LogP contribution in [-0.4, -0.2) is 19.1 Å². The van der Waals surface area contributed by atoms with E-state index in [1.807, 2.05) is 60.7 Å². The molecule has 4 aromatic carbocycles. The zero-order valence-electron chi connectivity index (χ0n) is 20.7. The van der Waals surface area contributed by atoms with Crippen molar-refractivity contribution in [3.63, 3.8) is 0 Å². The normalized spacial score (nSPS) is 11.4. The Labute approximate surface area is 239 Å². The van der Waals surface area contributed by atoms with Gasteiger partial charge in [-0.3, -0.25) is 9.55 Å². The Morgan fingerprint density at radius 3 is 1.85 bits per heavy atom. The zero-order valence-corrected chi connectivity index (χ0v) is 22.9. The van der Waals surface area contributed by atoms with Crippen LogP contribution in [0.3, 0.4) is 0 Å². The third kappa shape index (κ3) is 3.64. The number of fused-ring (bicyclic) bond motifs is 6. The summed E-state index contributed by atoms with van der Waals surface area (Å²) < 4.78 is 4.38. The molecule has 0 amide bonds. The summed E-state index contributed by atoms with van der Waals surface area (Å²) in [6.45, 7) is 0. The Hall–Kier alpha value is -4.53. The number of para-hydroxylation sites is 3. The molecule has 39 heavy (non-hydrogen) atoms. The SMILES string of the molecule is [Pt+2].[c-]1ccccc1-c1cccc(-n2c3ccccc3c3cc4c5ccccc5n(-c5[c-]cccc5)c4nc32)n1. The summed E-state index contributed by atoms with van der Waals surface area (Å²) in [6.07, 6.45) is 0. The van der Waals surface area contributed by atoms with Crippen LogP contribution in [0, 0.1) is 12.1 Å². The van der Waals surface area contributed by atoms with Gasteiger partial charge < -0.3 is 4.57 Å². The molecule has 186 valence electrons. The maximum Gasteiger partial charge on any atom is 2.00 e. The third-order valence-corrected chi connectivity index (χ3v) is 7.16. The van der Waals surface area contributed by atoms with Crippen molar-refractivity contribution in [1.82, 2.24) is 19.1 Å². The molecule has 8 aromatic rings. The van der Waals surface area contributed by atoms with Crippen molar-refractivity contribution >= 4 is 43.9 Å². The van der Waals surface area contributed by atoms with E-state index in [-0.39, 0.29) is 21.1 Å². The van der Waals surface area contributed by atoms with Crippen LogP contribution in [0.2, 0.25) is 0 Å². The predicted octanol–water partition coefficient (Wildman–Crippen LogP) is 7.94. The molecule has 0 spiro atoms. The van der Waals surface area contributed by atoms with E-state index < -0.39 is 0 Å². The van der Waals surface area contributed by atoms with Crippen LogP contribution in [0.15, 0.2) is 121 Å². The van der Waals surface area contributed by atoms with Gasteiger partial charge in [-0.15, -0.1) is 42.0 Å². The fourth-order valence-electron chi connectivity index (χ4n) is 5.50. The monoisotopic (exact) mass is 679 g/mol. The van der Waals surface area contributed by atoms with Crippen molar-refractivity contribution in [2.75, 3.05) is 0 Å². The van der Waals surface area contributed by atoms with Crippen molar-refractivity contribution in [2.24, 2.45) is 0 Å². The largest absolute Gasteiger partial charge is 2.00 e. The summed E-state index contributed by atoms with van der Waals surface area (Å²) in [6, 6.07) is 48.0. The van der Waals surface area contributed by atoms with Crippen LogP contribution < -0.4 is 0 Å². The minimum Gasteiger partial charge on any atom is -0.318 e. The summed E-state index contributed by atoms with van der Waals surface area (Å²) in [5, 5.41) is 4.55. The molecular formula is C34H20N4Pt. The van der Waals surface area contributed by atoms with E-state index in [1.54, 1.807) is 0 Å². The molecule has 0 radical (unpaired) electrons. The first-order valence-corrected chi connectivity index (χ1v) is 12.6. The van der Waals surface area contributed by atoms with E-state index in [1.165, 1.54) is 5.39 Å². The molecule has 4 aromatic heterocycles. The van der Waals surface area contributed by atoms with Crippen molar-refractivity contribution in [1.29, 1.82) is 0 Å². The number of hydrogen-bond acceptors (Lipinski definition) is 2. The first-order valence-electron chi connectivity index (χ1n) is 12.6. The van der Waals surface area contributed by atoms with E-state index in [2.05, 4.69) is 81.9 Å². The Kier molecular flexibility index (Phi) is 5.64. The molecule has 0 atom stereocenters. The van der Waals surface area contributed by atoms with E-state index in [9.17, 15) is 0 Å². The number of nitrogens with zero attached hydrogens (tertiary/aromatic N) is 4. The summed E-state index contributed by atoms with van der Waals surface area (Å²) in [7, 11) is 0. The summed E-state index contributed by atoms with van der Waals surface area (Å²) in [5.74, 6) is 0.826. The van der Waals surface area contributed by atoms with Crippen molar-refractivity contribution in [3.05, 3.63) is 133 Å². The zero-order chi connectivity index (χ0) is 25.1. The summed E-state index contributed by atoms with van der Waals surface area (Å²) >= 11 is 0. The van der Waals surface area contributed by atoms with Gasteiger partial charge >= 0.3 is 21.1 Å². The van der Waals surface area contributed by atoms with Gasteiger partial charge in [0.15, 0.2) is 0 Å². The van der Waals surface area contributed by atoms with Crippen LogP contribution in [0.4, 0.5) is 0 Å². The molecule has 0 N–H and O–H groups in total. The van der Waals surface area contributed by atoms with E-state index >= 15 is 0 Å². The van der Waals surface area contributed by atoms with Crippen molar-refractivity contribution in [3.8, 4) is 22.8 Å². The fourth-order valence-corrected chi connectivity index (χ4v) is 5.50. The molecule has 0 unspecified atom stereocenters. The quantitative estimate of drug-likeness (QED) is 0.178. The van der Waals surface area contributed by atoms with Crippen LogP contribution in [0.1, 0.15) is 0 Å². The molecule has 0 bridgehead atoms. The van der Waals surface area contributed by atoms with Crippen LogP contribution in [0.5, 0.6) is 0 Å². The Morgan fingerprint density at radius 2 is 1.15 bits per heavy atom. The smallest absolute Gasteiger partial charge is 0.318 e. The maximum absolute atomic E-state index is 5.37. The molecule has 5 heteroatoms. The number of hydrogen-bond donors (Lipinski definition) is 0. The van der Waals surface area contributed by atoms with Gasteiger partial charge in [-0.05, 0) is 30.0 Å². The minimum absolute atomic E-state index is 0. The van der Waals surface area contributed by atoms with Gasteiger partial charge in [0, 0.05) is 21.5 Å². The van der Waals surface area contributed by atoms with Crippen LogP contribution >= 0.6 is 0 Å². The van der Waals surface area contributed by atoms with Gasteiger partial charge in [-0.1, -0.05) is 54.2 Å². The molecule has 0 aliphatic heterocycles. The first-order chi connectivity index (χ1) is 18.9. The van der Waals surface area contributed by atoms with Gasteiger partial charge in [0.25, 0.3) is 0 Å². The van der Waals surface area contributed by atoms with Gasteiger partial charge in [0.2, 0.25) is 0 Å². The second-order valence-electron chi connectivity index (χ2n) is 9.34. The fraction of sp³-hybridized carbons (Fsp3) is 0. The molecule has 8 rings (SSSR count). The first kappa shape index (κ1) is 23.6. The number of benzene rings is 4. The van der Waals surface area contributed by atoms with E-state index in [0.717, 1.165) is 61.2 Å². The maximum atomic E-state index is 5.37. The average Bonchev–Trinajstić information content (AvgIpc) is 3.49. The summed E-state index contributed by atoms with van der Waals surface area (Å²) in [5.41, 5.74) is 6.77. The molecule has 0 fully saturated rings. The molecule has 0 saturated carbocycles. The average molecular weight is 680 g/mol. The topological polar surface area (TPSA) is 35.6 Å². The van der Waals surface area contributed by atoms with E-state index in [0.29, 0.717) is 0 Å². The van der Waals surface area contributed by atoms with E-state index in [4.69, 9.17) is 9.97 Å². The molecule has 0 aliphatic carbocycles. The van der Waals surface area contributed by atoms with Crippen LogP contribution in [0.25, 0.3) is 66.6 Å². The number of pyridine rings is 2. The second-order valence-corrected chi connectivity index (χ2v) is 9.34. The molecule has 0 aliphatic rings.